The molecule has 0 radical (unpaired) electrons. The predicted octanol–water partition coefficient (Wildman–Crippen LogP) is 2.26. The van der Waals surface area contributed by atoms with Crippen molar-refractivity contribution >= 4 is 16.7 Å². The summed E-state index contributed by atoms with van der Waals surface area (Å²) >= 11 is 0. The lowest BCUT2D eigenvalue weighted by atomic mass is 10.1. The zero-order chi connectivity index (χ0) is 9.97. The molecular formula is C11H8N2O. The molecule has 68 valence electrons. The summed E-state index contributed by atoms with van der Waals surface area (Å²) in [6, 6.07) is 9.13. The van der Waals surface area contributed by atoms with Crippen LogP contribution in [0.25, 0.3) is 10.9 Å². The molecule has 0 aliphatic carbocycles. The molecule has 3 nitrogen and oxygen atoms in total. The zero-order valence-electron chi connectivity index (χ0n) is 7.45. The van der Waals surface area contributed by atoms with E-state index in [9.17, 15) is 4.79 Å². The Morgan fingerprint density at radius 2 is 2.29 bits per heavy atom. The van der Waals surface area contributed by atoms with E-state index in [0.717, 1.165) is 10.9 Å². The number of nitriles is 1. The highest BCUT2D eigenvalue weighted by Gasteiger charge is 2.05. The van der Waals surface area contributed by atoms with Crippen LogP contribution in [0.1, 0.15) is 16.8 Å². The van der Waals surface area contributed by atoms with Gasteiger partial charge in [-0.15, -0.1) is 0 Å². The number of ketones is 1. The van der Waals surface area contributed by atoms with Crippen molar-refractivity contribution in [2.45, 2.75) is 6.42 Å². The number of nitrogens with one attached hydrogen (secondary N) is 1. The molecule has 1 aromatic carbocycles. The van der Waals surface area contributed by atoms with Crippen LogP contribution in [0.4, 0.5) is 0 Å². The van der Waals surface area contributed by atoms with E-state index < -0.39 is 0 Å². The molecule has 14 heavy (non-hydrogen) atoms. The second-order valence-electron chi connectivity index (χ2n) is 3.04. The molecular weight excluding hydrogens is 176 g/mol. The van der Waals surface area contributed by atoms with Crippen molar-refractivity contribution in [2.75, 3.05) is 0 Å². The number of benzene rings is 1. The summed E-state index contributed by atoms with van der Waals surface area (Å²) in [5, 5.41) is 9.39. The minimum atomic E-state index is -0.129. The first-order chi connectivity index (χ1) is 6.81. The van der Waals surface area contributed by atoms with Crippen molar-refractivity contribution in [1.29, 1.82) is 5.26 Å². The van der Waals surface area contributed by atoms with E-state index in [1.54, 1.807) is 12.1 Å². The van der Waals surface area contributed by atoms with Gasteiger partial charge in [0.25, 0.3) is 0 Å². The number of nitrogens with zero attached hydrogens (tertiary/aromatic N) is 1. The van der Waals surface area contributed by atoms with Gasteiger partial charge in [-0.3, -0.25) is 4.79 Å². The minimum Gasteiger partial charge on any atom is -0.361 e. The second kappa shape index (κ2) is 3.35. The highest BCUT2D eigenvalue weighted by molar-refractivity contribution is 6.00. The maximum atomic E-state index is 11.4. The highest BCUT2D eigenvalue weighted by atomic mass is 16.1. The number of Topliss-reactive ketones (excluding diaryl/α,β-unsaturated/α-hetero) is 1. The summed E-state index contributed by atoms with van der Waals surface area (Å²) in [7, 11) is 0. The number of fused-ring (bicyclic) bond motifs is 1. The lowest BCUT2D eigenvalue weighted by Gasteiger charge is -1.96. The van der Waals surface area contributed by atoms with Gasteiger partial charge in [-0.1, -0.05) is 0 Å². The van der Waals surface area contributed by atoms with Crippen molar-refractivity contribution in [3.63, 3.8) is 0 Å². The third-order valence-electron chi connectivity index (χ3n) is 2.11. The van der Waals surface area contributed by atoms with Crippen molar-refractivity contribution in [3.8, 4) is 6.07 Å². The van der Waals surface area contributed by atoms with Gasteiger partial charge >= 0.3 is 0 Å². The topological polar surface area (TPSA) is 56.6 Å². The molecule has 0 aliphatic rings. The monoisotopic (exact) mass is 184 g/mol. The first kappa shape index (κ1) is 8.52. The smallest absolute Gasteiger partial charge is 0.176 e. The van der Waals surface area contributed by atoms with Gasteiger partial charge < -0.3 is 4.98 Å². The Hall–Kier alpha value is -2.08. The van der Waals surface area contributed by atoms with Crippen LogP contribution in [-0.2, 0) is 0 Å². The number of aromatic amines is 1. The molecule has 2 rings (SSSR count). The number of aromatic nitrogens is 1. The van der Waals surface area contributed by atoms with Gasteiger partial charge in [0.05, 0.1) is 12.5 Å². The van der Waals surface area contributed by atoms with E-state index in [2.05, 4.69) is 4.98 Å². The van der Waals surface area contributed by atoms with E-state index in [4.69, 9.17) is 5.26 Å². The highest BCUT2D eigenvalue weighted by Crippen LogP contribution is 2.15. The molecule has 0 unspecified atom stereocenters. The standard InChI is InChI=1S/C11H8N2O/c12-5-3-11(14)9-1-2-10-8(7-9)4-6-13-10/h1-2,4,6-7,13H,3H2. The van der Waals surface area contributed by atoms with E-state index in [1.165, 1.54) is 0 Å². The number of carbonyl (C=O) groups excluding carboxylic acids is 1. The summed E-state index contributed by atoms with van der Waals surface area (Å²) in [5.74, 6) is -0.129. The molecule has 1 aromatic heterocycles. The molecule has 0 spiro atoms. The molecule has 0 amide bonds. The molecule has 0 fully saturated rings. The summed E-state index contributed by atoms with van der Waals surface area (Å²) in [4.78, 5) is 14.4. The zero-order valence-corrected chi connectivity index (χ0v) is 7.45. The van der Waals surface area contributed by atoms with Crippen LogP contribution >= 0.6 is 0 Å². The Morgan fingerprint density at radius 3 is 3.07 bits per heavy atom. The SMILES string of the molecule is N#CCC(=O)c1ccc2[nH]ccc2c1. The largest absolute Gasteiger partial charge is 0.361 e. The van der Waals surface area contributed by atoms with Crippen LogP contribution in [0.15, 0.2) is 30.5 Å². The van der Waals surface area contributed by atoms with Crippen molar-refractivity contribution in [2.24, 2.45) is 0 Å². The molecule has 2 aromatic rings. The van der Waals surface area contributed by atoms with Crippen molar-refractivity contribution in [3.05, 3.63) is 36.0 Å². The fourth-order valence-electron chi connectivity index (χ4n) is 1.40. The van der Waals surface area contributed by atoms with Crippen molar-refractivity contribution in [1.82, 2.24) is 4.98 Å². The molecule has 1 N–H and O–H groups in total. The lowest BCUT2D eigenvalue weighted by Crippen LogP contribution is -1.96. The molecule has 0 bridgehead atoms. The molecule has 1 heterocycles. The number of hydrogen-bond donors (Lipinski definition) is 1. The Balaban J connectivity index is 2.44. The summed E-state index contributed by atoms with van der Waals surface area (Å²) in [6.45, 7) is 0. The number of rotatable bonds is 2. The van der Waals surface area contributed by atoms with Gasteiger partial charge in [0.15, 0.2) is 5.78 Å². The van der Waals surface area contributed by atoms with Crippen molar-refractivity contribution < 1.29 is 4.79 Å². The fraction of sp³-hybridized carbons (Fsp3) is 0.0909. The number of hydrogen-bond acceptors (Lipinski definition) is 2. The Bertz CT molecular complexity index is 519. The minimum absolute atomic E-state index is 0.0596. The quantitative estimate of drug-likeness (QED) is 0.728. The maximum absolute atomic E-state index is 11.4. The van der Waals surface area contributed by atoms with Gasteiger partial charge in [0.2, 0.25) is 0 Å². The van der Waals surface area contributed by atoms with Crippen LogP contribution < -0.4 is 0 Å². The van der Waals surface area contributed by atoms with E-state index in [0.29, 0.717) is 5.56 Å². The van der Waals surface area contributed by atoms with Crippen LogP contribution in [0, 0.1) is 11.3 Å². The summed E-state index contributed by atoms with van der Waals surface area (Å²) < 4.78 is 0. The summed E-state index contributed by atoms with van der Waals surface area (Å²) in [5.41, 5.74) is 1.59. The predicted molar refractivity (Wildman–Crippen MR) is 52.9 cm³/mol. The van der Waals surface area contributed by atoms with E-state index in [-0.39, 0.29) is 12.2 Å². The van der Waals surface area contributed by atoms with Gasteiger partial charge in [-0.2, -0.15) is 5.26 Å². The molecule has 0 saturated heterocycles. The van der Waals surface area contributed by atoms with Crippen LogP contribution in [0.2, 0.25) is 0 Å². The molecule has 0 atom stereocenters. The number of carbonyl (C=O) groups is 1. The maximum Gasteiger partial charge on any atom is 0.176 e. The fourth-order valence-corrected chi connectivity index (χ4v) is 1.40. The Morgan fingerprint density at radius 1 is 1.43 bits per heavy atom. The van der Waals surface area contributed by atoms with Gasteiger partial charge in [-0.25, -0.2) is 0 Å². The first-order valence-electron chi connectivity index (χ1n) is 4.28. The normalized spacial score (nSPS) is 9.93. The Labute approximate surface area is 81.0 Å². The van der Waals surface area contributed by atoms with E-state index >= 15 is 0 Å². The van der Waals surface area contributed by atoms with Gasteiger partial charge in [0, 0.05) is 22.7 Å². The molecule has 0 aliphatic heterocycles. The molecule has 0 saturated carbocycles. The average molecular weight is 184 g/mol. The first-order valence-corrected chi connectivity index (χ1v) is 4.28. The third kappa shape index (κ3) is 1.38. The van der Waals surface area contributed by atoms with Crippen LogP contribution in [-0.4, -0.2) is 10.8 Å². The van der Waals surface area contributed by atoms with Gasteiger partial charge in [-0.05, 0) is 24.3 Å². The summed E-state index contributed by atoms with van der Waals surface area (Å²) in [6.07, 6.45) is 1.76. The average Bonchev–Trinajstić information content (AvgIpc) is 2.64. The van der Waals surface area contributed by atoms with Gasteiger partial charge in [0.1, 0.15) is 0 Å². The second-order valence-corrected chi connectivity index (χ2v) is 3.04. The van der Waals surface area contributed by atoms with Crippen LogP contribution in [0.3, 0.4) is 0 Å². The lowest BCUT2D eigenvalue weighted by molar-refractivity contribution is 0.0998. The molecule has 3 heteroatoms. The third-order valence-corrected chi connectivity index (χ3v) is 2.11. The Kier molecular flexibility index (Phi) is 2.04. The number of H-pyrrole nitrogens is 1. The van der Waals surface area contributed by atoms with Crippen LogP contribution in [0.5, 0.6) is 0 Å². The van der Waals surface area contributed by atoms with E-state index in [1.807, 2.05) is 24.4 Å².